The molecular weight excluding hydrogens is 256 g/mol. The normalized spacial score (nSPS) is 19.9. The van der Waals surface area contributed by atoms with Crippen LogP contribution in [0.15, 0.2) is 29.4 Å². The number of imidazole rings is 1. The van der Waals surface area contributed by atoms with Crippen molar-refractivity contribution in [1.82, 2.24) is 9.55 Å². The lowest BCUT2D eigenvalue weighted by Gasteiger charge is -2.21. The smallest absolute Gasteiger partial charge is 0.169 e. The van der Waals surface area contributed by atoms with Crippen molar-refractivity contribution in [1.29, 1.82) is 0 Å². The summed E-state index contributed by atoms with van der Waals surface area (Å²) in [6.07, 6.45) is 2.49. The van der Waals surface area contributed by atoms with Crippen LogP contribution in [-0.4, -0.2) is 28.5 Å². The van der Waals surface area contributed by atoms with Crippen LogP contribution in [0.25, 0.3) is 11.0 Å². The minimum absolute atomic E-state index is 0.684. The van der Waals surface area contributed by atoms with E-state index in [0.29, 0.717) is 5.92 Å². The van der Waals surface area contributed by atoms with E-state index in [1.807, 2.05) is 11.8 Å². The van der Waals surface area contributed by atoms with Crippen molar-refractivity contribution < 1.29 is 4.74 Å². The zero-order valence-electron chi connectivity index (χ0n) is 11.3. The van der Waals surface area contributed by atoms with Crippen molar-refractivity contribution in [3.8, 4) is 0 Å². The topological polar surface area (TPSA) is 27.1 Å². The molecule has 0 radical (unpaired) electrons. The molecule has 0 unspecified atom stereocenters. The fraction of sp³-hybridized carbons (Fsp3) is 0.533. The van der Waals surface area contributed by atoms with Gasteiger partial charge in [0, 0.05) is 18.9 Å². The van der Waals surface area contributed by atoms with Crippen molar-refractivity contribution in [2.45, 2.75) is 31.5 Å². The highest BCUT2D eigenvalue weighted by Gasteiger charge is 2.16. The number of rotatable bonds is 4. The fourth-order valence-electron chi connectivity index (χ4n) is 2.60. The molecule has 1 aromatic heterocycles. The van der Waals surface area contributed by atoms with Gasteiger partial charge in [-0.1, -0.05) is 23.9 Å². The largest absolute Gasteiger partial charge is 0.381 e. The van der Waals surface area contributed by atoms with Crippen LogP contribution in [0.1, 0.15) is 19.8 Å². The van der Waals surface area contributed by atoms with E-state index < -0.39 is 0 Å². The zero-order valence-corrected chi connectivity index (χ0v) is 12.2. The third-order valence-electron chi connectivity index (χ3n) is 3.64. The number of para-hydroxylation sites is 2. The van der Waals surface area contributed by atoms with Gasteiger partial charge in [-0.3, -0.25) is 0 Å². The van der Waals surface area contributed by atoms with Gasteiger partial charge < -0.3 is 9.30 Å². The summed E-state index contributed by atoms with van der Waals surface area (Å²) in [7, 11) is 0. The van der Waals surface area contributed by atoms with Gasteiger partial charge in [-0.15, -0.1) is 0 Å². The lowest BCUT2D eigenvalue weighted by atomic mass is 10.1. The van der Waals surface area contributed by atoms with Crippen LogP contribution in [0.4, 0.5) is 0 Å². The van der Waals surface area contributed by atoms with Crippen molar-refractivity contribution in [3.05, 3.63) is 24.3 Å². The second-order valence-electron chi connectivity index (χ2n) is 5.02. The summed E-state index contributed by atoms with van der Waals surface area (Å²) in [4.78, 5) is 4.75. The lowest BCUT2D eigenvalue weighted by Crippen LogP contribution is -2.19. The maximum Gasteiger partial charge on any atom is 0.169 e. The fourth-order valence-corrected chi connectivity index (χ4v) is 3.79. The second kappa shape index (κ2) is 5.97. The molecule has 2 aromatic rings. The molecule has 19 heavy (non-hydrogen) atoms. The van der Waals surface area contributed by atoms with E-state index in [1.165, 1.54) is 18.4 Å². The summed E-state index contributed by atoms with van der Waals surface area (Å²) in [6, 6.07) is 8.38. The SMILES string of the molecule is CCn1c(SC[C@H]2CCCOC2)nc2ccccc21. The quantitative estimate of drug-likeness (QED) is 0.799. The van der Waals surface area contributed by atoms with Crippen molar-refractivity contribution in [2.24, 2.45) is 5.92 Å². The third-order valence-corrected chi connectivity index (χ3v) is 4.85. The van der Waals surface area contributed by atoms with Crippen molar-refractivity contribution in [2.75, 3.05) is 19.0 Å². The predicted molar refractivity (Wildman–Crippen MR) is 79.7 cm³/mol. The molecule has 102 valence electrons. The maximum absolute atomic E-state index is 5.55. The van der Waals surface area contributed by atoms with Crippen LogP contribution >= 0.6 is 11.8 Å². The zero-order chi connectivity index (χ0) is 13.1. The summed E-state index contributed by atoms with van der Waals surface area (Å²) in [5.41, 5.74) is 2.35. The molecule has 4 heteroatoms. The van der Waals surface area contributed by atoms with Crippen molar-refractivity contribution >= 4 is 22.8 Å². The number of thioether (sulfide) groups is 1. The monoisotopic (exact) mass is 276 g/mol. The Hall–Kier alpha value is -1.00. The van der Waals surface area contributed by atoms with Gasteiger partial charge in [-0.25, -0.2) is 4.98 Å². The summed E-state index contributed by atoms with van der Waals surface area (Å²) in [6.45, 7) is 5.01. The Bertz CT molecular complexity index is 546. The van der Waals surface area contributed by atoms with Gasteiger partial charge in [0.2, 0.25) is 0 Å². The summed E-state index contributed by atoms with van der Waals surface area (Å²) in [5.74, 6) is 1.80. The number of benzene rings is 1. The average Bonchev–Trinajstić information content (AvgIpc) is 2.83. The second-order valence-corrected chi connectivity index (χ2v) is 6.01. The van der Waals surface area contributed by atoms with Crippen LogP contribution in [-0.2, 0) is 11.3 Å². The van der Waals surface area contributed by atoms with Gasteiger partial charge in [0.1, 0.15) is 0 Å². The van der Waals surface area contributed by atoms with E-state index in [4.69, 9.17) is 9.72 Å². The van der Waals surface area contributed by atoms with E-state index >= 15 is 0 Å². The highest BCUT2D eigenvalue weighted by atomic mass is 32.2. The predicted octanol–water partition coefficient (Wildman–Crippen LogP) is 3.57. The van der Waals surface area contributed by atoms with E-state index in [2.05, 4.69) is 35.8 Å². The average molecular weight is 276 g/mol. The van der Waals surface area contributed by atoms with Gasteiger partial charge in [0.15, 0.2) is 5.16 Å². The van der Waals surface area contributed by atoms with E-state index in [0.717, 1.165) is 36.2 Å². The Balaban J connectivity index is 1.76. The molecule has 0 N–H and O–H groups in total. The highest BCUT2D eigenvalue weighted by Crippen LogP contribution is 2.27. The van der Waals surface area contributed by atoms with Crippen molar-refractivity contribution in [3.63, 3.8) is 0 Å². The number of ether oxygens (including phenoxy) is 1. The van der Waals surface area contributed by atoms with Crippen LogP contribution in [0, 0.1) is 5.92 Å². The van der Waals surface area contributed by atoms with Gasteiger partial charge in [0.05, 0.1) is 17.6 Å². The molecule has 0 saturated carbocycles. The number of hydrogen-bond acceptors (Lipinski definition) is 3. The Morgan fingerprint density at radius 2 is 2.32 bits per heavy atom. The first kappa shape index (κ1) is 13.0. The van der Waals surface area contributed by atoms with Crippen LogP contribution in [0.5, 0.6) is 0 Å². The molecule has 1 aliphatic heterocycles. The molecule has 1 aliphatic rings. The minimum atomic E-state index is 0.684. The van der Waals surface area contributed by atoms with Gasteiger partial charge in [-0.2, -0.15) is 0 Å². The molecule has 0 spiro atoms. The first-order valence-corrected chi connectivity index (χ1v) is 8.03. The Morgan fingerprint density at radius 1 is 1.42 bits per heavy atom. The maximum atomic E-state index is 5.55. The van der Waals surface area contributed by atoms with E-state index in [-0.39, 0.29) is 0 Å². The lowest BCUT2D eigenvalue weighted by molar-refractivity contribution is 0.0632. The molecule has 1 saturated heterocycles. The van der Waals surface area contributed by atoms with Gasteiger partial charge in [-0.05, 0) is 37.8 Å². The van der Waals surface area contributed by atoms with E-state index in [9.17, 15) is 0 Å². The Morgan fingerprint density at radius 3 is 3.11 bits per heavy atom. The van der Waals surface area contributed by atoms with Crippen LogP contribution in [0.2, 0.25) is 0 Å². The molecular formula is C15H20N2OS. The molecule has 3 nitrogen and oxygen atoms in total. The molecule has 0 amide bonds. The molecule has 3 rings (SSSR count). The number of nitrogens with zero attached hydrogens (tertiary/aromatic N) is 2. The van der Waals surface area contributed by atoms with E-state index in [1.54, 1.807) is 0 Å². The van der Waals surface area contributed by atoms with Crippen LogP contribution in [0.3, 0.4) is 0 Å². The van der Waals surface area contributed by atoms with Gasteiger partial charge >= 0.3 is 0 Å². The third kappa shape index (κ3) is 2.79. The molecule has 2 heterocycles. The Labute approximate surface area is 118 Å². The number of fused-ring (bicyclic) bond motifs is 1. The molecule has 0 aliphatic carbocycles. The summed E-state index contributed by atoms with van der Waals surface area (Å²) < 4.78 is 7.85. The number of aryl methyl sites for hydroxylation is 1. The minimum Gasteiger partial charge on any atom is -0.381 e. The molecule has 0 bridgehead atoms. The highest BCUT2D eigenvalue weighted by molar-refractivity contribution is 7.99. The summed E-state index contributed by atoms with van der Waals surface area (Å²) in [5, 5.41) is 1.15. The number of aromatic nitrogens is 2. The molecule has 1 aromatic carbocycles. The molecule has 1 fully saturated rings. The van der Waals surface area contributed by atoms with Gasteiger partial charge in [0.25, 0.3) is 0 Å². The van der Waals surface area contributed by atoms with Crippen LogP contribution < -0.4 is 0 Å². The molecule has 1 atom stereocenters. The first-order valence-electron chi connectivity index (χ1n) is 7.04. The standard InChI is InChI=1S/C15H20N2OS/c1-2-17-14-8-4-3-7-13(14)16-15(17)19-11-12-6-5-9-18-10-12/h3-4,7-8,12H,2,5-6,9-11H2,1H3/t12-/m0/s1. The summed E-state index contributed by atoms with van der Waals surface area (Å²) >= 11 is 1.88. The number of hydrogen-bond donors (Lipinski definition) is 0. The first-order chi connectivity index (χ1) is 9.38. The Kier molecular flexibility index (Phi) is 4.09.